The average molecular weight is 400 g/mol. The van der Waals surface area contributed by atoms with Gasteiger partial charge in [-0.2, -0.15) is 0 Å². The number of hydrogen-bond donors (Lipinski definition) is 5. The van der Waals surface area contributed by atoms with Crippen LogP contribution in [0.5, 0.6) is 0 Å². The minimum atomic E-state index is -4.89. The van der Waals surface area contributed by atoms with Crippen molar-refractivity contribution in [1.29, 1.82) is 0 Å². The fourth-order valence-electron chi connectivity index (χ4n) is 2.09. The Bertz CT molecular complexity index is 789. The van der Waals surface area contributed by atoms with Crippen LogP contribution >= 0.6 is 15.6 Å². The first-order valence-electron chi connectivity index (χ1n) is 6.59. The Balaban J connectivity index is 2.05. The SMILES string of the molecule is [BH3-][P+](O)(OC[C@H]1O[C@@H](n2cc(C)c(=O)[nH]c2=O)C[C@@H]1O)OP(=O)(O)O. The summed E-state index contributed by atoms with van der Waals surface area (Å²) in [5, 5.41) is 10.0. The second kappa shape index (κ2) is 7.39. The fourth-order valence-corrected chi connectivity index (χ4v) is 3.28. The predicted octanol–water partition coefficient (Wildman–Crippen LogP) is -2.35. The largest absolute Gasteiger partial charge is 0.503 e. The highest BCUT2D eigenvalue weighted by Gasteiger charge is 2.41. The Hall–Kier alpha value is -0.875. The Morgan fingerprint density at radius 1 is 1.52 bits per heavy atom. The maximum Gasteiger partial charge on any atom is 0.503 e. The molecule has 0 radical (unpaired) electrons. The van der Waals surface area contributed by atoms with Gasteiger partial charge in [0, 0.05) is 18.2 Å². The number of aromatic amines is 1. The lowest BCUT2D eigenvalue weighted by Crippen LogP contribution is -2.33. The van der Waals surface area contributed by atoms with Gasteiger partial charge in [0.05, 0.1) is 6.10 Å². The van der Waals surface area contributed by atoms with Crippen LogP contribution in [0.3, 0.4) is 0 Å². The molecule has 2 rings (SSSR count). The maximum atomic E-state index is 11.8. The van der Waals surface area contributed by atoms with E-state index in [0.29, 0.717) is 0 Å². The first kappa shape index (κ1) is 20.4. The van der Waals surface area contributed by atoms with Gasteiger partial charge >= 0.3 is 13.5 Å². The van der Waals surface area contributed by atoms with E-state index >= 15 is 0 Å². The summed E-state index contributed by atoms with van der Waals surface area (Å²) >= 11 is 0. The fraction of sp³-hybridized carbons (Fsp3) is 0.600. The second-order valence-corrected chi connectivity index (χ2v) is 7.38. The number of rotatable bonds is 6. The third-order valence-corrected chi connectivity index (χ3v) is 4.97. The van der Waals surface area contributed by atoms with Crippen molar-refractivity contribution >= 4 is 23.2 Å². The second-order valence-electron chi connectivity index (χ2n) is 5.02. The molecule has 1 aromatic rings. The van der Waals surface area contributed by atoms with Crippen LogP contribution in [0.1, 0.15) is 18.2 Å². The summed E-state index contributed by atoms with van der Waals surface area (Å²) in [6.07, 6.45) is -1.50. The van der Waals surface area contributed by atoms with Crippen molar-refractivity contribution in [2.75, 3.05) is 6.61 Å². The van der Waals surface area contributed by atoms with E-state index in [1.54, 1.807) is 0 Å². The van der Waals surface area contributed by atoms with Crippen LogP contribution in [-0.2, 0) is 18.1 Å². The molecule has 1 unspecified atom stereocenters. The summed E-state index contributed by atoms with van der Waals surface area (Å²) < 4.78 is 26.8. The molecule has 0 spiro atoms. The molecular weight excluding hydrogens is 381 g/mol. The molecule has 0 aliphatic carbocycles. The molecule has 4 atom stereocenters. The van der Waals surface area contributed by atoms with Crippen LogP contribution < -0.4 is 11.2 Å². The third-order valence-electron chi connectivity index (χ3n) is 3.19. The Labute approximate surface area is 142 Å². The van der Waals surface area contributed by atoms with E-state index in [0.717, 1.165) is 4.57 Å². The smallest absolute Gasteiger partial charge is 0.390 e. The van der Waals surface area contributed by atoms with Crippen LogP contribution in [0.2, 0.25) is 0 Å². The number of nitrogens with zero attached hydrogens (tertiary/aromatic N) is 1. The average Bonchev–Trinajstić information content (AvgIpc) is 2.79. The number of aryl methyl sites for hydroxylation is 1. The predicted molar refractivity (Wildman–Crippen MR) is 88.8 cm³/mol. The normalized spacial score (nSPS) is 26.6. The molecule has 5 N–H and O–H groups in total. The Kier molecular flexibility index (Phi) is 6.05. The van der Waals surface area contributed by atoms with E-state index in [4.69, 9.17) is 19.0 Å². The van der Waals surface area contributed by atoms with Crippen molar-refractivity contribution in [3.63, 3.8) is 0 Å². The van der Waals surface area contributed by atoms with E-state index in [1.807, 2.05) is 0 Å². The number of hydrogen-bond acceptors (Lipinski definition) is 8. The highest BCUT2D eigenvalue weighted by molar-refractivity contribution is 7.88. The summed E-state index contributed by atoms with van der Waals surface area (Å²) in [6, 6.07) is 0. The van der Waals surface area contributed by atoms with Crippen LogP contribution in [0, 0.1) is 6.92 Å². The van der Waals surface area contributed by atoms with Crippen LogP contribution in [-0.4, -0.2) is 55.7 Å². The summed E-state index contributed by atoms with van der Waals surface area (Å²) in [4.78, 5) is 52.7. The van der Waals surface area contributed by atoms with Crippen molar-refractivity contribution in [2.24, 2.45) is 0 Å². The van der Waals surface area contributed by atoms with Crippen molar-refractivity contribution in [1.82, 2.24) is 9.55 Å². The number of aliphatic hydroxyl groups is 1. The zero-order valence-electron chi connectivity index (χ0n) is 12.3. The number of aliphatic hydroxyl groups excluding tert-OH is 1. The highest BCUT2D eigenvalue weighted by Crippen LogP contribution is 2.63. The van der Waals surface area contributed by atoms with Crippen LogP contribution in [0.4, 0.5) is 0 Å². The van der Waals surface area contributed by atoms with Crippen molar-refractivity contribution < 1.29 is 37.9 Å². The lowest BCUT2D eigenvalue weighted by Gasteiger charge is -2.22. The lowest BCUT2D eigenvalue weighted by atomic mass is 10.2. The van der Waals surface area contributed by atoms with Gasteiger partial charge in [-0.1, -0.05) is 0 Å². The van der Waals surface area contributed by atoms with E-state index in [-0.39, 0.29) is 18.6 Å². The zero-order valence-corrected chi connectivity index (χ0v) is 14.1. The maximum absolute atomic E-state index is 11.8. The molecule has 0 saturated carbocycles. The number of aromatic nitrogens is 2. The molecule has 0 amide bonds. The minimum Gasteiger partial charge on any atom is -0.390 e. The molecule has 15 heteroatoms. The first-order chi connectivity index (χ1) is 11.4. The lowest BCUT2D eigenvalue weighted by molar-refractivity contribution is -0.0430. The van der Waals surface area contributed by atoms with Gasteiger partial charge in [-0.15, -0.1) is 4.31 Å². The molecule has 1 fully saturated rings. The van der Waals surface area contributed by atoms with Gasteiger partial charge in [-0.05, 0) is 6.92 Å². The van der Waals surface area contributed by atoms with Crippen molar-refractivity contribution in [2.45, 2.75) is 31.8 Å². The molecule has 1 aliphatic rings. The first-order valence-corrected chi connectivity index (χ1v) is 9.25. The minimum absolute atomic E-state index is 0.0337. The zero-order chi connectivity index (χ0) is 19.0. The number of phosphoric acid groups is 1. The van der Waals surface area contributed by atoms with Crippen molar-refractivity contribution in [3.8, 4) is 0 Å². The topological polar surface area (TPSA) is 181 Å². The van der Waals surface area contributed by atoms with E-state index in [2.05, 4.69) is 9.29 Å². The molecule has 1 aromatic heterocycles. The molecule has 2 heterocycles. The number of H-pyrrole nitrogens is 1. The third kappa shape index (κ3) is 5.55. The molecule has 0 aromatic carbocycles. The van der Waals surface area contributed by atoms with Gasteiger partial charge in [0.15, 0.2) is 0 Å². The quantitative estimate of drug-likeness (QED) is 0.256. The highest BCUT2D eigenvalue weighted by atomic mass is 31.3. The monoisotopic (exact) mass is 400 g/mol. The summed E-state index contributed by atoms with van der Waals surface area (Å²) in [5.74, 6) is 0. The van der Waals surface area contributed by atoms with Gasteiger partial charge in [-0.3, -0.25) is 14.3 Å². The van der Waals surface area contributed by atoms with Gasteiger partial charge in [-0.25, -0.2) is 18.8 Å². The van der Waals surface area contributed by atoms with Crippen LogP contribution in [0.25, 0.3) is 0 Å². The number of ether oxygens (including phenoxy) is 1. The molecule has 25 heavy (non-hydrogen) atoms. The van der Waals surface area contributed by atoms with Gasteiger partial charge in [0.2, 0.25) is 15.4 Å². The molecule has 12 nitrogen and oxygen atoms in total. The molecule has 1 saturated heterocycles. The van der Waals surface area contributed by atoms with E-state index in [1.165, 1.54) is 13.1 Å². The molecular formula is C10H19BN2O10P2. The van der Waals surface area contributed by atoms with Gasteiger partial charge in [0.1, 0.15) is 18.9 Å². The Morgan fingerprint density at radius 2 is 2.16 bits per heavy atom. The molecule has 0 bridgehead atoms. The van der Waals surface area contributed by atoms with Crippen molar-refractivity contribution in [3.05, 3.63) is 32.6 Å². The standard InChI is InChI=1S/C10H19BN2O10P2/c1-5-3-13(10(16)12-9(5)15)8-2-6(14)7(22-8)4-21-24(11,17)23-25(18,19)20/h3,6-8,14,17H,2,4H2,1,11H3,(H,12,15,16)(H2,18,19,20)/t6-,7+,8+,24?/m0/s1. The van der Waals surface area contributed by atoms with Crippen LogP contribution in [0.15, 0.2) is 15.8 Å². The summed E-state index contributed by atoms with van der Waals surface area (Å²) in [6.45, 7) is 1.15. The van der Waals surface area contributed by atoms with E-state index in [9.17, 15) is 24.2 Å². The summed E-state index contributed by atoms with van der Waals surface area (Å²) in [7, 11) is -9.57. The van der Waals surface area contributed by atoms with Gasteiger partial charge in [0.25, 0.3) is 5.56 Å². The van der Waals surface area contributed by atoms with Gasteiger partial charge < -0.3 is 19.6 Å². The molecule has 1 aliphatic heterocycles. The van der Waals surface area contributed by atoms with E-state index < -0.39 is 52.9 Å². The summed E-state index contributed by atoms with van der Waals surface area (Å²) in [5.41, 5.74) is -0.932. The number of nitrogens with one attached hydrogen (secondary N) is 1. The Morgan fingerprint density at radius 3 is 2.76 bits per heavy atom. The molecule has 142 valence electrons.